The normalized spacial score (nSPS) is 13.3. The first-order valence-corrected chi connectivity index (χ1v) is 5.93. The molecule has 0 aliphatic carbocycles. The summed E-state index contributed by atoms with van der Waals surface area (Å²) < 4.78 is 14.6. The van der Waals surface area contributed by atoms with Crippen LogP contribution in [0.2, 0.25) is 0 Å². The molecule has 0 bridgehead atoms. The third-order valence-corrected chi connectivity index (χ3v) is 2.15. The number of ether oxygens (including phenoxy) is 3. The highest BCUT2D eigenvalue weighted by molar-refractivity contribution is 5.67. The lowest BCUT2D eigenvalue weighted by Crippen LogP contribution is -2.27. The van der Waals surface area contributed by atoms with Gasteiger partial charge in [-0.1, -0.05) is 0 Å². The average molecular weight is 276 g/mol. The van der Waals surface area contributed by atoms with Crippen molar-refractivity contribution in [2.75, 3.05) is 13.2 Å². The summed E-state index contributed by atoms with van der Waals surface area (Å²) in [7, 11) is 0. The Bertz CT molecular complexity index is 313. The predicted molar refractivity (Wildman–Crippen MR) is 64.1 cm³/mol. The number of carbonyl (C=O) groups excluding carboxylic acids is 3. The summed E-state index contributed by atoms with van der Waals surface area (Å²) in [4.78, 5) is 32.4. The summed E-state index contributed by atoms with van der Waals surface area (Å²) in [6.45, 7) is 3.36. The molecule has 0 aliphatic heterocycles. The summed E-state index contributed by atoms with van der Waals surface area (Å²) in [6, 6.07) is 0. The van der Waals surface area contributed by atoms with Crippen LogP contribution in [0.15, 0.2) is 0 Å². The monoisotopic (exact) mass is 276 g/mol. The number of hydrogen-bond acceptors (Lipinski definition) is 7. The van der Waals surface area contributed by atoms with E-state index in [0.717, 1.165) is 0 Å². The largest absolute Gasteiger partial charge is 0.462 e. The highest BCUT2D eigenvalue weighted by atomic mass is 16.6. The molecule has 0 amide bonds. The zero-order valence-corrected chi connectivity index (χ0v) is 11.4. The van der Waals surface area contributed by atoms with Crippen molar-refractivity contribution in [3.8, 4) is 0 Å². The Kier molecular flexibility index (Phi) is 8.52. The van der Waals surface area contributed by atoms with E-state index in [9.17, 15) is 14.4 Å². The van der Waals surface area contributed by atoms with Gasteiger partial charge >= 0.3 is 17.9 Å². The molecule has 0 heterocycles. The Morgan fingerprint density at radius 1 is 0.895 bits per heavy atom. The molecule has 0 fully saturated rings. The van der Waals surface area contributed by atoms with Crippen molar-refractivity contribution in [3.63, 3.8) is 0 Å². The Labute approximate surface area is 111 Å². The van der Waals surface area contributed by atoms with Crippen LogP contribution in [0, 0.1) is 0 Å². The number of esters is 3. The van der Waals surface area contributed by atoms with E-state index >= 15 is 0 Å². The molecule has 0 aromatic carbocycles. The Morgan fingerprint density at radius 2 is 1.37 bits per heavy atom. The van der Waals surface area contributed by atoms with Crippen molar-refractivity contribution >= 4 is 17.9 Å². The third kappa shape index (κ3) is 10.0. The maximum absolute atomic E-state index is 10.9. The fraction of sp³-hybridized carbons (Fsp3) is 0.750. The van der Waals surface area contributed by atoms with Crippen LogP contribution in [0.1, 0.15) is 33.6 Å². The molecular formula is C12H20O7. The lowest BCUT2D eigenvalue weighted by atomic mass is 10.1. The number of aliphatic hydroxyl groups excluding tert-OH is 1. The summed E-state index contributed by atoms with van der Waals surface area (Å²) >= 11 is 0. The molecule has 0 saturated heterocycles. The molecule has 1 N–H and O–H groups in total. The summed E-state index contributed by atoms with van der Waals surface area (Å²) in [5.74, 6) is -1.47. The Hall–Kier alpha value is -1.63. The van der Waals surface area contributed by atoms with Gasteiger partial charge in [0.2, 0.25) is 0 Å². The lowest BCUT2D eigenvalue weighted by Gasteiger charge is -2.19. The lowest BCUT2D eigenvalue weighted by molar-refractivity contribution is -0.158. The van der Waals surface area contributed by atoms with Crippen molar-refractivity contribution in [1.29, 1.82) is 0 Å². The SMILES string of the molecule is CC(=O)OC[C@H](CC[C@H](CO)OC(C)=O)OC(C)=O. The number of carbonyl (C=O) groups is 3. The fourth-order valence-corrected chi connectivity index (χ4v) is 1.42. The minimum atomic E-state index is -0.659. The number of rotatable bonds is 8. The molecular weight excluding hydrogens is 256 g/mol. The fourth-order valence-electron chi connectivity index (χ4n) is 1.42. The highest BCUT2D eigenvalue weighted by Gasteiger charge is 2.18. The van der Waals surface area contributed by atoms with Gasteiger partial charge in [0, 0.05) is 20.8 Å². The molecule has 2 atom stereocenters. The molecule has 19 heavy (non-hydrogen) atoms. The van der Waals surface area contributed by atoms with Gasteiger partial charge in [-0.25, -0.2) is 0 Å². The first kappa shape index (κ1) is 17.4. The molecule has 0 unspecified atom stereocenters. The molecule has 0 aliphatic rings. The summed E-state index contributed by atoms with van der Waals surface area (Å²) in [5.41, 5.74) is 0. The van der Waals surface area contributed by atoms with Gasteiger partial charge in [-0.2, -0.15) is 0 Å². The highest BCUT2D eigenvalue weighted by Crippen LogP contribution is 2.09. The second-order valence-electron chi connectivity index (χ2n) is 4.03. The quantitative estimate of drug-likeness (QED) is 0.499. The van der Waals surface area contributed by atoms with Crippen LogP contribution in [0.3, 0.4) is 0 Å². The van der Waals surface area contributed by atoms with Gasteiger partial charge < -0.3 is 19.3 Å². The standard InChI is InChI=1S/C12H20O7/c1-8(14)17-7-12(19-10(3)16)5-4-11(6-13)18-9(2)15/h11-13H,4-7H2,1-3H3/t11-,12+/m1/s1. The van der Waals surface area contributed by atoms with E-state index in [1.54, 1.807) is 0 Å². The van der Waals surface area contributed by atoms with Crippen molar-refractivity contribution < 1.29 is 33.7 Å². The van der Waals surface area contributed by atoms with E-state index in [1.807, 2.05) is 0 Å². The zero-order chi connectivity index (χ0) is 14.8. The van der Waals surface area contributed by atoms with E-state index in [0.29, 0.717) is 12.8 Å². The predicted octanol–water partition coefficient (Wildman–Crippen LogP) is 0.185. The van der Waals surface area contributed by atoms with Gasteiger partial charge in [0.25, 0.3) is 0 Å². The summed E-state index contributed by atoms with van der Waals surface area (Å²) in [5, 5.41) is 9.02. The van der Waals surface area contributed by atoms with Crippen molar-refractivity contribution in [2.45, 2.75) is 45.8 Å². The van der Waals surface area contributed by atoms with Crippen LogP contribution in [-0.2, 0) is 28.6 Å². The molecule has 110 valence electrons. The average Bonchev–Trinajstić information content (AvgIpc) is 2.29. The van der Waals surface area contributed by atoms with E-state index in [1.165, 1.54) is 20.8 Å². The van der Waals surface area contributed by atoms with Gasteiger partial charge in [0.15, 0.2) is 0 Å². The van der Waals surface area contributed by atoms with E-state index in [4.69, 9.17) is 19.3 Å². The second kappa shape index (κ2) is 9.32. The van der Waals surface area contributed by atoms with Gasteiger partial charge in [-0.05, 0) is 12.8 Å². The van der Waals surface area contributed by atoms with Crippen LogP contribution in [-0.4, -0.2) is 48.4 Å². The van der Waals surface area contributed by atoms with Crippen LogP contribution in [0.5, 0.6) is 0 Å². The van der Waals surface area contributed by atoms with E-state index in [-0.39, 0.29) is 13.2 Å². The first-order chi connectivity index (χ1) is 8.85. The Balaban J connectivity index is 4.24. The molecule has 0 saturated carbocycles. The molecule has 7 nitrogen and oxygen atoms in total. The van der Waals surface area contributed by atoms with E-state index < -0.39 is 30.1 Å². The van der Waals surface area contributed by atoms with Crippen LogP contribution >= 0.6 is 0 Å². The molecule has 0 radical (unpaired) electrons. The molecule has 7 heteroatoms. The topological polar surface area (TPSA) is 99.1 Å². The van der Waals surface area contributed by atoms with Crippen molar-refractivity contribution in [3.05, 3.63) is 0 Å². The zero-order valence-electron chi connectivity index (χ0n) is 11.4. The van der Waals surface area contributed by atoms with Crippen molar-refractivity contribution in [1.82, 2.24) is 0 Å². The number of aliphatic hydroxyl groups is 1. The molecule has 0 aromatic rings. The number of hydrogen-bond donors (Lipinski definition) is 1. The smallest absolute Gasteiger partial charge is 0.303 e. The third-order valence-electron chi connectivity index (χ3n) is 2.15. The second-order valence-corrected chi connectivity index (χ2v) is 4.03. The maximum Gasteiger partial charge on any atom is 0.303 e. The minimum absolute atomic E-state index is 0.0624. The van der Waals surface area contributed by atoms with Gasteiger partial charge in [0.05, 0.1) is 6.61 Å². The summed E-state index contributed by atoms with van der Waals surface area (Å²) in [6.07, 6.45) is -0.667. The van der Waals surface area contributed by atoms with E-state index in [2.05, 4.69) is 0 Å². The van der Waals surface area contributed by atoms with Gasteiger partial charge in [-0.15, -0.1) is 0 Å². The first-order valence-electron chi connectivity index (χ1n) is 5.93. The Morgan fingerprint density at radius 3 is 1.79 bits per heavy atom. The molecule has 0 aromatic heterocycles. The minimum Gasteiger partial charge on any atom is -0.462 e. The van der Waals surface area contributed by atoms with Crippen LogP contribution < -0.4 is 0 Å². The van der Waals surface area contributed by atoms with Crippen LogP contribution in [0.4, 0.5) is 0 Å². The van der Waals surface area contributed by atoms with Crippen LogP contribution in [0.25, 0.3) is 0 Å². The molecule has 0 spiro atoms. The maximum atomic E-state index is 10.9. The van der Waals surface area contributed by atoms with Crippen molar-refractivity contribution in [2.24, 2.45) is 0 Å². The molecule has 0 rings (SSSR count). The van der Waals surface area contributed by atoms with Gasteiger partial charge in [0.1, 0.15) is 18.8 Å². The van der Waals surface area contributed by atoms with Gasteiger partial charge in [-0.3, -0.25) is 14.4 Å².